The highest BCUT2D eigenvalue weighted by Crippen LogP contribution is 2.11. The van der Waals surface area contributed by atoms with E-state index in [4.69, 9.17) is 10.5 Å². The molecule has 0 bridgehead atoms. The second kappa shape index (κ2) is 3.76. The molecule has 3 heteroatoms. The van der Waals surface area contributed by atoms with E-state index in [0.717, 1.165) is 5.69 Å². The fraction of sp³-hybridized carbons (Fsp3) is 0.222. The molecule has 0 spiro atoms. The average molecular weight is 164 g/mol. The van der Waals surface area contributed by atoms with E-state index in [9.17, 15) is 0 Å². The van der Waals surface area contributed by atoms with Gasteiger partial charge in [-0.05, 0) is 19.1 Å². The van der Waals surface area contributed by atoms with Crippen molar-refractivity contribution in [3.05, 3.63) is 30.6 Å². The summed E-state index contributed by atoms with van der Waals surface area (Å²) >= 11 is 0. The topological polar surface area (TPSA) is 48.1 Å². The lowest BCUT2D eigenvalue weighted by atomic mass is 10.3. The standard InChI is InChI=1S/C9H12N2O/c1-3-12-7(2)9-5-4-8(10)6-11-9/h4-6H,2-3,10H2,1H3. The third-order valence-corrected chi connectivity index (χ3v) is 1.39. The van der Waals surface area contributed by atoms with Crippen molar-refractivity contribution in [3.63, 3.8) is 0 Å². The van der Waals surface area contributed by atoms with Crippen molar-refractivity contribution in [3.8, 4) is 0 Å². The van der Waals surface area contributed by atoms with Crippen molar-refractivity contribution in [2.24, 2.45) is 0 Å². The molecule has 2 N–H and O–H groups in total. The van der Waals surface area contributed by atoms with Gasteiger partial charge in [0.25, 0.3) is 0 Å². The highest BCUT2D eigenvalue weighted by molar-refractivity contribution is 5.54. The van der Waals surface area contributed by atoms with Gasteiger partial charge in [-0.2, -0.15) is 0 Å². The van der Waals surface area contributed by atoms with E-state index in [1.165, 1.54) is 0 Å². The van der Waals surface area contributed by atoms with Gasteiger partial charge in [-0.3, -0.25) is 4.98 Å². The molecular formula is C9H12N2O. The maximum atomic E-state index is 5.47. The number of anilines is 1. The number of ether oxygens (including phenoxy) is 1. The number of aromatic nitrogens is 1. The maximum absolute atomic E-state index is 5.47. The molecule has 0 aliphatic carbocycles. The Hall–Kier alpha value is -1.51. The third kappa shape index (κ3) is 1.99. The van der Waals surface area contributed by atoms with Gasteiger partial charge in [0.1, 0.15) is 11.5 Å². The van der Waals surface area contributed by atoms with E-state index in [0.29, 0.717) is 18.1 Å². The normalized spacial score (nSPS) is 9.42. The molecule has 0 saturated carbocycles. The summed E-state index contributed by atoms with van der Waals surface area (Å²) < 4.78 is 5.17. The molecule has 0 radical (unpaired) electrons. The molecule has 0 unspecified atom stereocenters. The van der Waals surface area contributed by atoms with E-state index in [2.05, 4.69) is 11.6 Å². The van der Waals surface area contributed by atoms with Crippen LogP contribution in [0.4, 0.5) is 5.69 Å². The molecule has 0 atom stereocenters. The molecule has 0 aromatic carbocycles. The van der Waals surface area contributed by atoms with Crippen LogP contribution in [0, 0.1) is 0 Å². The Kier molecular flexibility index (Phi) is 2.69. The first-order valence-corrected chi connectivity index (χ1v) is 3.77. The zero-order chi connectivity index (χ0) is 8.97. The van der Waals surface area contributed by atoms with Crippen LogP contribution in [0.3, 0.4) is 0 Å². The van der Waals surface area contributed by atoms with Crippen LogP contribution in [0.2, 0.25) is 0 Å². The van der Waals surface area contributed by atoms with E-state index < -0.39 is 0 Å². The molecule has 3 nitrogen and oxygen atoms in total. The van der Waals surface area contributed by atoms with Gasteiger partial charge < -0.3 is 10.5 Å². The van der Waals surface area contributed by atoms with E-state index in [1.54, 1.807) is 18.3 Å². The van der Waals surface area contributed by atoms with Crippen molar-refractivity contribution in [2.75, 3.05) is 12.3 Å². The molecule has 0 aliphatic rings. The number of nitrogens with zero attached hydrogens (tertiary/aromatic N) is 1. The van der Waals surface area contributed by atoms with Gasteiger partial charge in [0.15, 0.2) is 0 Å². The lowest BCUT2D eigenvalue weighted by molar-refractivity contribution is 0.298. The van der Waals surface area contributed by atoms with Gasteiger partial charge in [0, 0.05) is 0 Å². The SMILES string of the molecule is C=C(OCC)c1ccc(N)cn1. The van der Waals surface area contributed by atoms with Crippen LogP contribution in [0.15, 0.2) is 24.9 Å². The molecule has 1 aromatic rings. The Morgan fingerprint density at radius 3 is 2.92 bits per heavy atom. The Morgan fingerprint density at radius 2 is 2.42 bits per heavy atom. The molecule has 1 aromatic heterocycles. The lowest BCUT2D eigenvalue weighted by Gasteiger charge is -2.05. The van der Waals surface area contributed by atoms with Gasteiger partial charge in [0.2, 0.25) is 0 Å². The van der Waals surface area contributed by atoms with Gasteiger partial charge >= 0.3 is 0 Å². The summed E-state index contributed by atoms with van der Waals surface area (Å²) in [6, 6.07) is 3.56. The average Bonchev–Trinajstić information content (AvgIpc) is 2.06. The molecule has 1 rings (SSSR count). The summed E-state index contributed by atoms with van der Waals surface area (Å²) in [5, 5.41) is 0. The second-order valence-corrected chi connectivity index (χ2v) is 2.33. The molecule has 64 valence electrons. The van der Waals surface area contributed by atoms with Crippen molar-refractivity contribution >= 4 is 11.4 Å². The van der Waals surface area contributed by atoms with Crippen LogP contribution in [0.1, 0.15) is 12.6 Å². The first kappa shape index (κ1) is 8.59. The smallest absolute Gasteiger partial charge is 0.137 e. The van der Waals surface area contributed by atoms with Crippen LogP contribution < -0.4 is 5.73 Å². The Bertz CT molecular complexity index is 266. The predicted octanol–water partition coefficient (Wildman–Crippen LogP) is 1.67. The molecule has 0 aliphatic heterocycles. The summed E-state index contributed by atoms with van der Waals surface area (Å²) in [5.41, 5.74) is 6.84. The third-order valence-electron chi connectivity index (χ3n) is 1.39. The van der Waals surface area contributed by atoms with Crippen LogP contribution in [-0.2, 0) is 4.74 Å². The van der Waals surface area contributed by atoms with Crippen LogP contribution in [0.25, 0.3) is 5.76 Å². The minimum absolute atomic E-state index is 0.581. The van der Waals surface area contributed by atoms with Gasteiger partial charge in [-0.25, -0.2) is 0 Å². The van der Waals surface area contributed by atoms with E-state index >= 15 is 0 Å². The molecule has 0 amide bonds. The molecule has 0 saturated heterocycles. The Labute approximate surface area is 71.9 Å². The molecule has 0 fully saturated rings. The first-order chi connectivity index (χ1) is 5.74. The number of nitrogens with two attached hydrogens (primary N) is 1. The monoisotopic (exact) mass is 164 g/mol. The van der Waals surface area contributed by atoms with E-state index in [1.807, 2.05) is 6.92 Å². The van der Waals surface area contributed by atoms with Crippen LogP contribution >= 0.6 is 0 Å². The fourth-order valence-corrected chi connectivity index (χ4v) is 0.818. The summed E-state index contributed by atoms with van der Waals surface area (Å²) in [6.07, 6.45) is 1.58. The predicted molar refractivity (Wildman–Crippen MR) is 49.3 cm³/mol. The van der Waals surface area contributed by atoms with Crippen molar-refractivity contribution in [1.29, 1.82) is 0 Å². The number of hydrogen-bond acceptors (Lipinski definition) is 3. The maximum Gasteiger partial charge on any atom is 0.137 e. The highest BCUT2D eigenvalue weighted by Gasteiger charge is 1.98. The summed E-state index contributed by atoms with van der Waals surface area (Å²) in [7, 11) is 0. The zero-order valence-corrected chi connectivity index (χ0v) is 7.08. The zero-order valence-electron chi connectivity index (χ0n) is 7.08. The molecular weight excluding hydrogens is 152 g/mol. The van der Waals surface area contributed by atoms with Crippen LogP contribution in [0.5, 0.6) is 0 Å². The van der Waals surface area contributed by atoms with E-state index in [-0.39, 0.29) is 0 Å². The first-order valence-electron chi connectivity index (χ1n) is 3.77. The quantitative estimate of drug-likeness (QED) is 0.691. The number of rotatable bonds is 3. The minimum Gasteiger partial charge on any atom is -0.492 e. The summed E-state index contributed by atoms with van der Waals surface area (Å²) in [4.78, 5) is 4.05. The Morgan fingerprint density at radius 1 is 1.67 bits per heavy atom. The van der Waals surface area contributed by atoms with Gasteiger partial charge in [-0.1, -0.05) is 6.58 Å². The fourth-order valence-electron chi connectivity index (χ4n) is 0.818. The summed E-state index contributed by atoms with van der Waals surface area (Å²) in [6.45, 7) is 6.23. The number of hydrogen-bond donors (Lipinski definition) is 1. The van der Waals surface area contributed by atoms with Crippen LogP contribution in [-0.4, -0.2) is 11.6 Å². The minimum atomic E-state index is 0.581. The second-order valence-electron chi connectivity index (χ2n) is 2.33. The number of pyridine rings is 1. The van der Waals surface area contributed by atoms with Gasteiger partial charge in [0.05, 0.1) is 18.5 Å². The largest absolute Gasteiger partial charge is 0.492 e. The Balaban J connectivity index is 2.75. The van der Waals surface area contributed by atoms with Gasteiger partial charge in [-0.15, -0.1) is 0 Å². The lowest BCUT2D eigenvalue weighted by Crippen LogP contribution is -1.94. The van der Waals surface area contributed by atoms with Crippen molar-refractivity contribution in [2.45, 2.75) is 6.92 Å². The summed E-state index contributed by atoms with van der Waals surface area (Å²) in [5.74, 6) is 0.581. The van der Waals surface area contributed by atoms with Crippen molar-refractivity contribution < 1.29 is 4.74 Å². The highest BCUT2D eigenvalue weighted by atomic mass is 16.5. The number of nitrogen functional groups attached to an aromatic ring is 1. The van der Waals surface area contributed by atoms with Crippen molar-refractivity contribution in [1.82, 2.24) is 4.98 Å². The molecule has 12 heavy (non-hydrogen) atoms. The molecule has 1 heterocycles.